The predicted molar refractivity (Wildman–Crippen MR) is 67.5 cm³/mol. The zero-order valence-electron chi connectivity index (χ0n) is 11.4. The fourth-order valence-electron chi connectivity index (χ4n) is 2.10. The molecule has 0 aromatic heterocycles. The van der Waals surface area contributed by atoms with E-state index in [0.717, 1.165) is 25.9 Å². The van der Waals surface area contributed by atoms with Crippen LogP contribution in [0, 0.1) is 5.41 Å². The Bertz CT molecular complexity index is 286. The van der Waals surface area contributed by atoms with Crippen LogP contribution in [0.1, 0.15) is 47.0 Å². The second-order valence-corrected chi connectivity index (χ2v) is 6.09. The minimum absolute atomic E-state index is 0.0319. The zero-order valence-corrected chi connectivity index (χ0v) is 11.4. The lowest BCUT2D eigenvalue weighted by Crippen LogP contribution is -2.46. The van der Waals surface area contributed by atoms with Gasteiger partial charge in [-0.05, 0) is 18.3 Å². The summed E-state index contributed by atoms with van der Waals surface area (Å²) in [7, 11) is 0. The second-order valence-electron chi connectivity index (χ2n) is 6.09. The van der Waals surface area contributed by atoms with Crippen molar-refractivity contribution >= 4 is 11.8 Å². The number of hydrogen-bond donors (Lipinski definition) is 1. The first-order valence-corrected chi connectivity index (χ1v) is 6.33. The smallest absolute Gasteiger partial charge is 0.220 e. The van der Waals surface area contributed by atoms with Gasteiger partial charge in [-0.3, -0.25) is 9.59 Å². The monoisotopic (exact) mass is 240 g/mol. The van der Waals surface area contributed by atoms with E-state index < -0.39 is 0 Å². The topological polar surface area (TPSA) is 49.4 Å². The van der Waals surface area contributed by atoms with Crippen LogP contribution < -0.4 is 5.32 Å². The second kappa shape index (κ2) is 5.52. The summed E-state index contributed by atoms with van der Waals surface area (Å²) in [5, 5.41) is 3.06. The summed E-state index contributed by atoms with van der Waals surface area (Å²) in [5.41, 5.74) is 0.0319. The van der Waals surface area contributed by atoms with Crippen LogP contribution in [0.4, 0.5) is 0 Å². The molecule has 1 aliphatic rings. The van der Waals surface area contributed by atoms with Gasteiger partial charge in [0.1, 0.15) is 0 Å². The highest BCUT2D eigenvalue weighted by atomic mass is 16.2. The average Bonchev–Trinajstić information content (AvgIpc) is 2.15. The highest BCUT2D eigenvalue weighted by molar-refractivity contribution is 5.77. The Balaban J connectivity index is 2.31. The molecule has 0 radical (unpaired) electrons. The lowest BCUT2D eigenvalue weighted by molar-refractivity contribution is -0.130. The normalized spacial score (nSPS) is 18.0. The van der Waals surface area contributed by atoms with Gasteiger partial charge in [-0.15, -0.1) is 0 Å². The van der Waals surface area contributed by atoms with Crippen LogP contribution in [0.3, 0.4) is 0 Å². The number of piperidine rings is 1. The molecular formula is C13H24N2O2. The molecule has 0 aromatic carbocycles. The van der Waals surface area contributed by atoms with E-state index in [4.69, 9.17) is 0 Å². The molecule has 0 saturated carbocycles. The van der Waals surface area contributed by atoms with E-state index in [9.17, 15) is 9.59 Å². The summed E-state index contributed by atoms with van der Waals surface area (Å²) in [6.45, 7) is 9.30. The Morgan fingerprint density at radius 3 is 2.18 bits per heavy atom. The molecule has 17 heavy (non-hydrogen) atoms. The molecule has 98 valence electrons. The minimum atomic E-state index is 0.0319. The van der Waals surface area contributed by atoms with Crippen LogP contribution in [0.15, 0.2) is 0 Å². The van der Waals surface area contributed by atoms with Gasteiger partial charge in [-0.1, -0.05) is 20.8 Å². The highest BCUT2D eigenvalue weighted by Gasteiger charge is 2.23. The third-order valence-electron chi connectivity index (χ3n) is 3.00. The molecule has 4 heteroatoms. The largest absolute Gasteiger partial charge is 0.353 e. The summed E-state index contributed by atoms with van der Waals surface area (Å²) in [5.74, 6) is 0.253. The van der Waals surface area contributed by atoms with Crippen molar-refractivity contribution in [3.05, 3.63) is 0 Å². The first kappa shape index (κ1) is 14.0. The van der Waals surface area contributed by atoms with Crippen molar-refractivity contribution in [2.75, 3.05) is 13.1 Å². The number of nitrogens with one attached hydrogen (secondary N) is 1. The van der Waals surface area contributed by atoms with Crippen molar-refractivity contribution in [1.29, 1.82) is 0 Å². The van der Waals surface area contributed by atoms with Crippen molar-refractivity contribution in [2.24, 2.45) is 5.41 Å². The van der Waals surface area contributed by atoms with Crippen molar-refractivity contribution in [1.82, 2.24) is 10.2 Å². The maximum Gasteiger partial charge on any atom is 0.220 e. The van der Waals surface area contributed by atoms with Crippen molar-refractivity contribution < 1.29 is 9.59 Å². The van der Waals surface area contributed by atoms with Gasteiger partial charge in [0.25, 0.3) is 0 Å². The molecule has 1 rings (SSSR count). The fourth-order valence-corrected chi connectivity index (χ4v) is 2.10. The Morgan fingerprint density at radius 2 is 1.76 bits per heavy atom. The molecular weight excluding hydrogens is 216 g/mol. The van der Waals surface area contributed by atoms with Gasteiger partial charge in [0.2, 0.25) is 11.8 Å². The van der Waals surface area contributed by atoms with Gasteiger partial charge in [-0.2, -0.15) is 0 Å². The number of carbonyl (C=O) groups excluding carboxylic acids is 2. The molecule has 1 N–H and O–H groups in total. The van der Waals surface area contributed by atoms with Crippen LogP contribution in [-0.2, 0) is 9.59 Å². The van der Waals surface area contributed by atoms with Crippen molar-refractivity contribution in [3.8, 4) is 0 Å². The van der Waals surface area contributed by atoms with Crippen LogP contribution in [0.5, 0.6) is 0 Å². The molecule has 1 fully saturated rings. The van der Waals surface area contributed by atoms with Crippen LogP contribution in [0.25, 0.3) is 0 Å². The summed E-state index contributed by atoms with van der Waals surface area (Å²) >= 11 is 0. The molecule has 1 aliphatic heterocycles. The summed E-state index contributed by atoms with van der Waals surface area (Å²) in [6.07, 6.45) is 2.30. The SMILES string of the molecule is CC(=O)N1CCC(NC(=O)CC(C)(C)C)CC1. The quantitative estimate of drug-likeness (QED) is 0.796. The van der Waals surface area contributed by atoms with Gasteiger partial charge >= 0.3 is 0 Å². The maximum absolute atomic E-state index is 11.8. The number of rotatable bonds is 2. The van der Waals surface area contributed by atoms with Crippen LogP contribution in [0.2, 0.25) is 0 Å². The molecule has 0 unspecified atom stereocenters. The summed E-state index contributed by atoms with van der Waals surface area (Å²) < 4.78 is 0. The Hall–Kier alpha value is -1.06. The first-order valence-electron chi connectivity index (χ1n) is 6.33. The minimum Gasteiger partial charge on any atom is -0.353 e. The molecule has 0 bridgehead atoms. The molecule has 0 spiro atoms. The lowest BCUT2D eigenvalue weighted by atomic mass is 9.91. The van der Waals surface area contributed by atoms with Gasteiger partial charge < -0.3 is 10.2 Å². The first-order chi connectivity index (χ1) is 7.78. The Labute approximate surface area is 104 Å². The van der Waals surface area contributed by atoms with E-state index >= 15 is 0 Å². The Kier molecular flexibility index (Phi) is 4.54. The Morgan fingerprint density at radius 1 is 1.24 bits per heavy atom. The molecule has 0 aromatic rings. The lowest BCUT2D eigenvalue weighted by Gasteiger charge is -2.32. The summed E-state index contributed by atoms with van der Waals surface area (Å²) in [4.78, 5) is 24.7. The van der Waals surface area contributed by atoms with Gasteiger partial charge in [0.15, 0.2) is 0 Å². The fraction of sp³-hybridized carbons (Fsp3) is 0.846. The number of nitrogens with zero attached hydrogens (tertiary/aromatic N) is 1. The van der Waals surface area contributed by atoms with Crippen LogP contribution in [-0.4, -0.2) is 35.8 Å². The van der Waals surface area contributed by atoms with E-state index in [1.165, 1.54) is 0 Å². The molecule has 4 nitrogen and oxygen atoms in total. The van der Waals surface area contributed by atoms with Crippen molar-refractivity contribution in [2.45, 2.75) is 53.0 Å². The molecule has 0 aliphatic carbocycles. The van der Waals surface area contributed by atoms with Crippen molar-refractivity contribution in [3.63, 3.8) is 0 Å². The third-order valence-corrected chi connectivity index (χ3v) is 3.00. The molecule has 1 heterocycles. The maximum atomic E-state index is 11.8. The highest BCUT2D eigenvalue weighted by Crippen LogP contribution is 2.19. The van der Waals surface area contributed by atoms with E-state index in [1.807, 2.05) is 4.90 Å². The predicted octanol–water partition coefficient (Wildman–Crippen LogP) is 1.55. The number of likely N-dealkylation sites (tertiary alicyclic amines) is 1. The van der Waals surface area contributed by atoms with Gasteiger partial charge in [0, 0.05) is 32.5 Å². The zero-order chi connectivity index (χ0) is 13.1. The van der Waals surface area contributed by atoms with E-state index in [-0.39, 0.29) is 23.3 Å². The van der Waals surface area contributed by atoms with Crippen LogP contribution >= 0.6 is 0 Å². The number of carbonyl (C=O) groups is 2. The molecule has 0 atom stereocenters. The number of amides is 2. The van der Waals surface area contributed by atoms with E-state index in [1.54, 1.807) is 6.92 Å². The molecule has 2 amide bonds. The standard InChI is InChI=1S/C13H24N2O2/c1-10(16)15-7-5-11(6-8-15)14-12(17)9-13(2,3)4/h11H,5-9H2,1-4H3,(H,14,17). The molecule has 1 saturated heterocycles. The van der Waals surface area contributed by atoms with Gasteiger partial charge in [0.05, 0.1) is 0 Å². The van der Waals surface area contributed by atoms with E-state index in [2.05, 4.69) is 26.1 Å². The number of hydrogen-bond acceptors (Lipinski definition) is 2. The van der Waals surface area contributed by atoms with Gasteiger partial charge in [-0.25, -0.2) is 0 Å². The average molecular weight is 240 g/mol. The van der Waals surface area contributed by atoms with E-state index in [0.29, 0.717) is 6.42 Å². The summed E-state index contributed by atoms with van der Waals surface area (Å²) in [6, 6.07) is 0.237. The third kappa shape index (κ3) is 5.20.